The molecule has 6 heteroatoms. The maximum absolute atomic E-state index is 11.9. The number of aromatic nitrogens is 1. The van der Waals surface area contributed by atoms with E-state index in [4.69, 9.17) is 5.73 Å². The van der Waals surface area contributed by atoms with Crippen molar-refractivity contribution in [3.63, 3.8) is 0 Å². The van der Waals surface area contributed by atoms with E-state index >= 15 is 0 Å². The van der Waals surface area contributed by atoms with Gasteiger partial charge in [0.05, 0.1) is 16.4 Å². The highest BCUT2D eigenvalue weighted by Gasteiger charge is 2.33. The molecule has 1 aliphatic carbocycles. The molecular weight excluding hydrogens is 228 g/mol. The summed E-state index contributed by atoms with van der Waals surface area (Å²) in [5, 5.41) is 0. The van der Waals surface area contributed by atoms with E-state index in [-0.39, 0.29) is 21.9 Å². The van der Waals surface area contributed by atoms with Gasteiger partial charge in [0.25, 0.3) is 0 Å². The van der Waals surface area contributed by atoms with Gasteiger partial charge < -0.3 is 5.73 Å². The number of nitrogens with two attached hydrogens (primary N) is 1. The van der Waals surface area contributed by atoms with Crippen molar-refractivity contribution < 1.29 is 13.8 Å². The molecule has 0 saturated carbocycles. The van der Waals surface area contributed by atoms with Crippen LogP contribution in [0.4, 0.5) is 0 Å². The molecule has 0 aliphatic heterocycles. The van der Waals surface area contributed by atoms with Crippen LogP contribution >= 0.6 is 0 Å². The van der Waals surface area contributed by atoms with Gasteiger partial charge in [0, 0.05) is 12.5 Å². The van der Waals surface area contributed by atoms with Crippen molar-refractivity contribution >= 4 is 22.4 Å². The third-order valence-corrected chi connectivity index (χ3v) is 3.23. The molecule has 1 aromatic heterocycles. The largest absolute Gasteiger partial charge is 0.394 e. The second kappa shape index (κ2) is 3.64. The lowest BCUT2D eigenvalue weighted by atomic mass is 9.97. The van der Waals surface area contributed by atoms with Crippen molar-refractivity contribution in [1.82, 2.24) is 4.98 Å². The van der Waals surface area contributed by atoms with Gasteiger partial charge in [-0.2, -0.15) is 0 Å². The van der Waals surface area contributed by atoms with Gasteiger partial charge in [0.2, 0.25) is 11.6 Å². The molecule has 1 heterocycles. The summed E-state index contributed by atoms with van der Waals surface area (Å²) in [4.78, 5) is 27.3. The van der Waals surface area contributed by atoms with Crippen LogP contribution in [0.1, 0.15) is 20.8 Å². The highest BCUT2D eigenvalue weighted by molar-refractivity contribution is 7.89. The van der Waals surface area contributed by atoms with Crippen molar-refractivity contribution in [2.45, 2.75) is 0 Å². The molecule has 0 aromatic carbocycles. The van der Waals surface area contributed by atoms with Gasteiger partial charge in [-0.25, -0.2) is 0 Å². The molecule has 5 nitrogen and oxygen atoms in total. The topological polar surface area (TPSA) is 90.1 Å². The van der Waals surface area contributed by atoms with Gasteiger partial charge in [0.15, 0.2) is 0 Å². The van der Waals surface area contributed by atoms with Crippen LogP contribution in [0.5, 0.6) is 0 Å². The normalized spacial score (nSPS) is 17.3. The van der Waals surface area contributed by atoms with Gasteiger partial charge in [-0.1, -0.05) is 0 Å². The number of pyridine rings is 1. The van der Waals surface area contributed by atoms with Gasteiger partial charge in [-0.15, -0.1) is 0 Å². The average Bonchev–Trinajstić information content (AvgIpc) is 2.26. The summed E-state index contributed by atoms with van der Waals surface area (Å²) in [7, 11) is -1.60. The van der Waals surface area contributed by atoms with Crippen molar-refractivity contribution in [3.05, 3.63) is 40.2 Å². The molecule has 0 fully saturated rings. The van der Waals surface area contributed by atoms with E-state index in [1.54, 1.807) is 6.07 Å². The molecule has 0 amide bonds. The number of Topliss-reactive ketones (excluding diaryl/α,β-unsaturated/α-hetero) is 2. The van der Waals surface area contributed by atoms with Crippen LogP contribution in [-0.4, -0.2) is 27.0 Å². The molecule has 1 atom stereocenters. The lowest BCUT2D eigenvalue weighted by Crippen LogP contribution is -2.29. The number of nitrogens with zero attached hydrogens (tertiary/aromatic N) is 1. The molecule has 0 spiro atoms. The lowest BCUT2D eigenvalue weighted by Gasteiger charge is -2.15. The Balaban J connectivity index is 2.73. The van der Waals surface area contributed by atoms with Crippen LogP contribution in [0.15, 0.2) is 28.9 Å². The first kappa shape index (κ1) is 10.7. The fourth-order valence-electron chi connectivity index (χ4n) is 1.53. The van der Waals surface area contributed by atoms with Gasteiger partial charge in [0.1, 0.15) is 16.3 Å². The summed E-state index contributed by atoms with van der Waals surface area (Å²) >= 11 is 0. The van der Waals surface area contributed by atoms with Crippen LogP contribution in [0.25, 0.3) is 0 Å². The molecule has 0 bridgehead atoms. The third kappa shape index (κ3) is 1.38. The molecule has 2 rings (SSSR count). The van der Waals surface area contributed by atoms with E-state index in [1.807, 2.05) is 0 Å². The molecule has 1 unspecified atom stereocenters. The Bertz CT molecular complexity index is 563. The molecule has 0 saturated heterocycles. The average molecular weight is 236 g/mol. The summed E-state index contributed by atoms with van der Waals surface area (Å²) in [6.45, 7) is 0. The summed E-state index contributed by atoms with van der Waals surface area (Å²) in [6, 6.07) is 3.02. The van der Waals surface area contributed by atoms with Crippen molar-refractivity contribution in [3.8, 4) is 0 Å². The Morgan fingerprint density at radius 2 is 2.00 bits per heavy atom. The fraction of sp³-hybridized carbons (Fsp3) is 0.100. The predicted octanol–water partition coefficient (Wildman–Crippen LogP) is 0.00940. The molecular formula is C10H8N2O3S. The van der Waals surface area contributed by atoms with Crippen LogP contribution < -0.4 is 5.73 Å². The molecule has 16 heavy (non-hydrogen) atoms. The van der Waals surface area contributed by atoms with Crippen molar-refractivity contribution in [2.24, 2.45) is 5.73 Å². The number of allylic oxidation sites excluding steroid dienone is 2. The first-order valence-electron chi connectivity index (χ1n) is 4.41. The number of ketones is 2. The number of carbonyl (C=O) groups is 2. The zero-order valence-electron chi connectivity index (χ0n) is 8.39. The quantitative estimate of drug-likeness (QED) is 0.741. The number of hydrogen-bond acceptors (Lipinski definition) is 5. The first-order valence-corrected chi connectivity index (χ1v) is 5.97. The fourth-order valence-corrected chi connectivity index (χ4v) is 2.29. The second-order valence-corrected chi connectivity index (χ2v) is 4.57. The lowest BCUT2D eigenvalue weighted by molar-refractivity contribution is 0.0976. The van der Waals surface area contributed by atoms with Crippen LogP contribution in [0.3, 0.4) is 0 Å². The number of rotatable bonds is 1. The molecule has 1 aliphatic rings. The Hall–Kier alpha value is -1.82. The van der Waals surface area contributed by atoms with Crippen molar-refractivity contribution in [2.75, 3.05) is 6.26 Å². The Morgan fingerprint density at radius 3 is 2.62 bits per heavy atom. The highest BCUT2D eigenvalue weighted by atomic mass is 32.2. The SMILES string of the molecule is CS(=O)C1=C(N)C(=O)c2cccnc2C1=O. The molecule has 1 aromatic rings. The molecule has 82 valence electrons. The van der Waals surface area contributed by atoms with E-state index < -0.39 is 22.4 Å². The van der Waals surface area contributed by atoms with Crippen LogP contribution in [-0.2, 0) is 10.8 Å². The molecule has 0 radical (unpaired) electrons. The van der Waals surface area contributed by atoms with Crippen molar-refractivity contribution in [1.29, 1.82) is 0 Å². The number of hydrogen-bond donors (Lipinski definition) is 1. The monoisotopic (exact) mass is 236 g/mol. The first-order chi connectivity index (χ1) is 7.54. The highest BCUT2D eigenvalue weighted by Crippen LogP contribution is 2.23. The maximum atomic E-state index is 11.9. The Labute approximate surface area is 93.8 Å². The van der Waals surface area contributed by atoms with Gasteiger partial charge in [-0.05, 0) is 12.1 Å². The number of carbonyl (C=O) groups excluding carboxylic acids is 2. The summed E-state index contributed by atoms with van der Waals surface area (Å²) in [5.41, 5.74) is 5.46. The van der Waals surface area contributed by atoms with E-state index in [0.29, 0.717) is 0 Å². The van der Waals surface area contributed by atoms with Gasteiger partial charge in [-0.3, -0.25) is 18.8 Å². The van der Waals surface area contributed by atoms with E-state index in [9.17, 15) is 13.8 Å². The third-order valence-electron chi connectivity index (χ3n) is 2.25. The maximum Gasteiger partial charge on any atom is 0.223 e. The summed E-state index contributed by atoms with van der Waals surface area (Å²) < 4.78 is 11.3. The Kier molecular flexibility index (Phi) is 2.43. The van der Waals surface area contributed by atoms with Crippen LogP contribution in [0, 0.1) is 0 Å². The standard InChI is InChI=1S/C10H8N2O3S/c1-16(15)10-6(11)8(13)5-3-2-4-12-7(5)9(10)14/h2-4H,11H2,1H3. The molecule has 2 N–H and O–H groups in total. The zero-order chi connectivity index (χ0) is 11.9. The minimum absolute atomic E-state index is 0.0203. The summed E-state index contributed by atoms with van der Waals surface area (Å²) in [6.07, 6.45) is 2.71. The van der Waals surface area contributed by atoms with Gasteiger partial charge >= 0.3 is 0 Å². The minimum Gasteiger partial charge on any atom is -0.394 e. The second-order valence-electron chi connectivity index (χ2n) is 3.25. The smallest absolute Gasteiger partial charge is 0.223 e. The summed E-state index contributed by atoms with van der Waals surface area (Å²) in [5.74, 6) is -1.03. The minimum atomic E-state index is -1.60. The Morgan fingerprint density at radius 1 is 1.31 bits per heavy atom. The zero-order valence-corrected chi connectivity index (χ0v) is 9.21. The van der Waals surface area contributed by atoms with E-state index in [2.05, 4.69) is 4.98 Å². The predicted molar refractivity (Wildman–Crippen MR) is 58.2 cm³/mol. The number of fused-ring (bicyclic) bond motifs is 1. The van der Waals surface area contributed by atoms with Crippen LogP contribution in [0.2, 0.25) is 0 Å². The van der Waals surface area contributed by atoms with E-state index in [1.165, 1.54) is 18.5 Å². The van der Waals surface area contributed by atoms with E-state index in [0.717, 1.165) is 0 Å².